The second-order valence-electron chi connectivity index (χ2n) is 5.54. The van der Waals surface area contributed by atoms with E-state index in [-0.39, 0.29) is 11.8 Å². The Kier molecular flexibility index (Phi) is 2.84. The van der Waals surface area contributed by atoms with Crippen LogP contribution in [0.5, 0.6) is 0 Å². The first kappa shape index (κ1) is 12.1. The van der Waals surface area contributed by atoms with Gasteiger partial charge in [-0.2, -0.15) is 16.3 Å². The standard InChI is InChI=1S/C14H15N3O2S/c18-13-6-10(7-17(13)11-1-2-11)14-15-12(16-19-14)5-9-3-4-20-8-9/h3-4,8,10-11H,1-2,5-7H2. The summed E-state index contributed by atoms with van der Waals surface area (Å²) in [7, 11) is 0. The molecule has 2 aromatic heterocycles. The van der Waals surface area contributed by atoms with Gasteiger partial charge in [-0.15, -0.1) is 0 Å². The van der Waals surface area contributed by atoms with Gasteiger partial charge in [-0.3, -0.25) is 4.79 Å². The molecule has 6 heteroatoms. The molecule has 0 spiro atoms. The first-order valence-electron chi connectivity index (χ1n) is 6.92. The van der Waals surface area contributed by atoms with Gasteiger partial charge in [-0.05, 0) is 35.2 Å². The third-order valence-corrected chi connectivity index (χ3v) is 4.65. The van der Waals surface area contributed by atoms with Crippen LogP contribution in [0.4, 0.5) is 0 Å². The molecule has 2 aliphatic rings. The first-order valence-corrected chi connectivity index (χ1v) is 7.87. The van der Waals surface area contributed by atoms with Crippen LogP contribution in [0.1, 0.15) is 42.5 Å². The number of aromatic nitrogens is 2. The van der Waals surface area contributed by atoms with E-state index in [1.165, 1.54) is 5.56 Å². The van der Waals surface area contributed by atoms with Gasteiger partial charge >= 0.3 is 0 Å². The molecule has 1 saturated heterocycles. The Morgan fingerprint density at radius 2 is 2.35 bits per heavy atom. The lowest BCUT2D eigenvalue weighted by Gasteiger charge is -2.13. The molecular weight excluding hydrogens is 274 g/mol. The van der Waals surface area contributed by atoms with Crippen molar-refractivity contribution in [2.24, 2.45) is 0 Å². The van der Waals surface area contributed by atoms with Crippen molar-refractivity contribution in [1.82, 2.24) is 15.0 Å². The number of thiophene rings is 1. The Labute approximate surface area is 120 Å². The maximum absolute atomic E-state index is 11.9. The summed E-state index contributed by atoms with van der Waals surface area (Å²) in [6.07, 6.45) is 3.49. The van der Waals surface area contributed by atoms with E-state index in [4.69, 9.17) is 4.52 Å². The molecule has 1 aliphatic carbocycles. The molecule has 2 aromatic rings. The fraction of sp³-hybridized carbons (Fsp3) is 0.500. The molecular formula is C14H15N3O2S. The highest BCUT2D eigenvalue weighted by atomic mass is 32.1. The van der Waals surface area contributed by atoms with E-state index >= 15 is 0 Å². The van der Waals surface area contributed by atoms with Crippen molar-refractivity contribution in [2.75, 3.05) is 6.54 Å². The van der Waals surface area contributed by atoms with E-state index in [0.717, 1.165) is 19.4 Å². The van der Waals surface area contributed by atoms with Gasteiger partial charge < -0.3 is 9.42 Å². The molecule has 0 bridgehead atoms. The topological polar surface area (TPSA) is 59.2 Å². The van der Waals surface area contributed by atoms with Crippen molar-refractivity contribution in [1.29, 1.82) is 0 Å². The Morgan fingerprint density at radius 3 is 3.10 bits per heavy atom. The number of likely N-dealkylation sites (tertiary alicyclic amines) is 1. The van der Waals surface area contributed by atoms with Crippen LogP contribution < -0.4 is 0 Å². The smallest absolute Gasteiger partial charge is 0.232 e. The molecule has 4 rings (SSSR count). The number of nitrogens with zero attached hydrogens (tertiary/aromatic N) is 3. The van der Waals surface area contributed by atoms with Crippen LogP contribution >= 0.6 is 11.3 Å². The van der Waals surface area contributed by atoms with Crippen LogP contribution in [-0.2, 0) is 11.2 Å². The van der Waals surface area contributed by atoms with Crippen molar-refractivity contribution in [3.63, 3.8) is 0 Å². The number of carbonyl (C=O) groups is 1. The van der Waals surface area contributed by atoms with Gasteiger partial charge in [0, 0.05) is 25.4 Å². The van der Waals surface area contributed by atoms with Crippen LogP contribution in [0.3, 0.4) is 0 Å². The molecule has 0 radical (unpaired) electrons. The Bertz CT molecular complexity index is 618. The quantitative estimate of drug-likeness (QED) is 0.865. The Morgan fingerprint density at radius 1 is 1.45 bits per heavy atom. The van der Waals surface area contributed by atoms with Crippen LogP contribution in [0.15, 0.2) is 21.3 Å². The second-order valence-corrected chi connectivity index (χ2v) is 6.32. The van der Waals surface area contributed by atoms with E-state index < -0.39 is 0 Å². The Hall–Kier alpha value is -1.69. The molecule has 0 N–H and O–H groups in total. The summed E-state index contributed by atoms with van der Waals surface area (Å²) >= 11 is 1.66. The zero-order valence-corrected chi connectivity index (χ0v) is 11.8. The van der Waals surface area contributed by atoms with Gasteiger partial charge in [0.2, 0.25) is 11.8 Å². The fourth-order valence-corrected chi connectivity index (χ4v) is 3.39. The van der Waals surface area contributed by atoms with Crippen LogP contribution in [-0.4, -0.2) is 33.5 Å². The SMILES string of the molecule is O=C1CC(c2nc(Cc3ccsc3)no2)CN1C1CC1. The van der Waals surface area contributed by atoms with Crippen molar-refractivity contribution in [2.45, 2.75) is 37.6 Å². The summed E-state index contributed by atoms with van der Waals surface area (Å²) in [5.41, 5.74) is 1.20. The molecule has 0 aromatic carbocycles. The predicted molar refractivity (Wildman–Crippen MR) is 73.5 cm³/mol. The molecule has 104 valence electrons. The number of amides is 1. The normalized spacial score (nSPS) is 22.7. The van der Waals surface area contributed by atoms with Crippen molar-refractivity contribution < 1.29 is 9.32 Å². The molecule has 20 heavy (non-hydrogen) atoms. The van der Waals surface area contributed by atoms with Crippen molar-refractivity contribution >= 4 is 17.2 Å². The lowest BCUT2D eigenvalue weighted by atomic mass is 10.1. The summed E-state index contributed by atoms with van der Waals surface area (Å²) in [5.74, 6) is 1.63. The molecule has 1 saturated carbocycles. The third kappa shape index (κ3) is 2.24. The van der Waals surface area contributed by atoms with Gasteiger partial charge in [0.1, 0.15) is 0 Å². The average Bonchev–Trinajstić information content (AvgIpc) is 2.87. The molecule has 1 amide bonds. The number of hydrogen-bond donors (Lipinski definition) is 0. The van der Waals surface area contributed by atoms with E-state index in [9.17, 15) is 4.79 Å². The van der Waals surface area contributed by atoms with Gasteiger partial charge in [0.15, 0.2) is 5.82 Å². The molecule has 1 aliphatic heterocycles. The highest BCUT2D eigenvalue weighted by Crippen LogP contribution is 2.35. The summed E-state index contributed by atoms with van der Waals surface area (Å²) in [6.45, 7) is 0.740. The molecule has 1 atom stereocenters. The average molecular weight is 289 g/mol. The van der Waals surface area contributed by atoms with E-state index in [1.807, 2.05) is 10.3 Å². The lowest BCUT2D eigenvalue weighted by Crippen LogP contribution is -2.27. The minimum absolute atomic E-state index is 0.0758. The lowest BCUT2D eigenvalue weighted by molar-refractivity contribution is -0.128. The van der Waals surface area contributed by atoms with Gasteiger partial charge in [0.05, 0.1) is 5.92 Å². The number of hydrogen-bond acceptors (Lipinski definition) is 5. The maximum Gasteiger partial charge on any atom is 0.232 e. The van der Waals surface area contributed by atoms with E-state index in [0.29, 0.717) is 30.6 Å². The second kappa shape index (κ2) is 4.70. The first-order chi connectivity index (χ1) is 9.79. The van der Waals surface area contributed by atoms with Crippen LogP contribution in [0.25, 0.3) is 0 Å². The molecule has 5 nitrogen and oxygen atoms in total. The van der Waals surface area contributed by atoms with Crippen molar-refractivity contribution in [3.8, 4) is 0 Å². The Balaban J connectivity index is 1.46. The van der Waals surface area contributed by atoms with Crippen LogP contribution in [0, 0.1) is 0 Å². The van der Waals surface area contributed by atoms with Gasteiger partial charge in [-0.25, -0.2) is 0 Å². The highest BCUT2D eigenvalue weighted by molar-refractivity contribution is 7.07. The summed E-state index contributed by atoms with van der Waals surface area (Å²) in [5, 5.41) is 8.16. The summed E-state index contributed by atoms with van der Waals surface area (Å²) in [4.78, 5) is 18.4. The highest BCUT2D eigenvalue weighted by Gasteiger charge is 2.41. The largest absolute Gasteiger partial charge is 0.339 e. The molecule has 3 heterocycles. The molecule has 1 unspecified atom stereocenters. The van der Waals surface area contributed by atoms with Gasteiger partial charge in [-0.1, -0.05) is 5.16 Å². The minimum Gasteiger partial charge on any atom is -0.339 e. The summed E-state index contributed by atoms with van der Waals surface area (Å²) in [6, 6.07) is 2.54. The van der Waals surface area contributed by atoms with E-state index in [1.54, 1.807) is 11.3 Å². The zero-order valence-electron chi connectivity index (χ0n) is 11.0. The number of rotatable bonds is 4. The zero-order chi connectivity index (χ0) is 13.5. The summed E-state index contributed by atoms with van der Waals surface area (Å²) < 4.78 is 5.36. The van der Waals surface area contributed by atoms with Crippen molar-refractivity contribution in [3.05, 3.63) is 34.1 Å². The van der Waals surface area contributed by atoms with Crippen LogP contribution in [0.2, 0.25) is 0 Å². The number of carbonyl (C=O) groups excluding carboxylic acids is 1. The minimum atomic E-state index is 0.0758. The van der Waals surface area contributed by atoms with Gasteiger partial charge in [0.25, 0.3) is 0 Å². The van der Waals surface area contributed by atoms with E-state index in [2.05, 4.69) is 21.6 Å². The maximum atomic E-state index is 11.9. The molecule has 2 fully saturated rings. The monoisotopic (exact) mass is 289 g/mol. The third-order valence-electron chi connectivity index (χ3n) is 3.92. The predicted octanol–water partition coefficient (Wildman–Crippen LogP) is 2.20. The fourth-order valence-electron chi connectivity index (χ4n) is 2.72.